The summed E-state index contributed by atoms with van der Waals surface area (Å²) in [6.45, 7) is 4.32. The minimum atomic E-state index is 0. The van der Waals surface area contributed by atoms with Gasteiger partial charge >= 0.3 is 0 Å². The van der Waals surface area contributed by atoms with Gasteiger partial charge in [-0.3, -0.25) is 0 Å². The summed E-state index contributed by atoms with van der Waals surface area (Å²) in [6.07, 6.45) is 21.1. The molecule has 2 aliphatic carbocycles. The Balaban J connectivity index is 0.00000180. The zero-order valence-corrected chi connectivity index (χ0v) is 12.3. The summed E-state index contributed by atoms with van der Waals surface area (Å²) in [4.78, 5) is 0. The van der Waals surface area contributed by atoms with E-state index in [0.29, 0.717) is 0 Å². The lowest BCUT2D eigenvalue weighted by atomic mass is 9.69. The number of hydrogen-bond donors (Lipinski definition) is 0. The molecule has 110 valence electrons. The van der Waals surface area contributed by atoms with Crippen molar-refractivity contribution in [2.24, 2.45) is 23.7 Å². The monoisotopic (exact) mass is 262 g/mol. The van der Waals surface area contributed by atoms with Gasteiger partial charge in [0.25, 0.3) is 0 Å². The Labute approximate surface area is 121 Å². The van der Waals surface area contributed by atoms with E-state index in [1.54, 1.807) is 0 Å². The Morgan fingerprint density at radius 1 is 0.579 bits per heavy atom. The van der Waals surface area contributed by atoms with E-state index in [-0.39, 0.29) is 7.43 Å². The smallest absolute Gasteiger partial charge is 0.0233 e. The first kappa shape index (κ1) is 16.5. The highest BCUT2D eigenvalue weighted by Gasteiger charge is 2.29. The van der Waals surface area contributed by atoms with Crippen LogP contribution in [0.25, 0.3) is 0 Å². The Bertz CT molecular complexity index is 240. The Morgan fingerprint density at radius 2 is 0.895 bits per heavy atom. The van der Waals surface area contributed by atoms with Crippen molar-refractivity contribution in [1.82, 2.24) is 0 Å². The van der Waals surface area contributed by atoms with Gasteiger partial charge in [0, 0.05) is 0 Å². The van der Waals surface area contributed by atoms with Crippen LogP contribution in [0.5, 0.6) is 0 Å². The fourth-order valence-electron chi connectivity index (χ4n) is 4.16. The van der Waals surface area contributed by atoms with Gasteiger partial charge in [-0.1, -0.05) is 31.7 Å². The molecule has 0 radical (unpaired) electrons. The van der Waals surface area contributed by atoms with Gasteiger partial charge in [-0.25, -0.2) is 0 Å². The summed E-state index contributed by atoms with van der Waals surface area (Å²) in [5, 5.41) is 0. The highest BCUT2D eigenvalue weighted by atomic mass is 14.3. The van der Waals surface area contributed by atoms with E-state index < -0.39 is 0 Å². The summed E-state index contributed by atoms with van der Waals surface area (Å²) in [6, 6.07) is 0. The minimum absolute atomic E-state index is 0. The summed E-state index contributed by atoms with van der Waals surface area (Å²) in [7, 11) is 0. The van der Waals surface area contributed by atoms with Crippen LogP contribution in [0, 0.1) is 23.7 Å². The molecule has 0 atom stereocenters. The fraction of sp³-hybridized carbons (Fsp3) is 0.789. The van der Waals surface area contributed by atoms with Crippen molar-refractivity contribution in [2.45, 2.75) is 72.6 Å². The van der Waals surface area contributed by atoms with Crippen molar-refractivity contribution in [3.63, 3.8) is 0 Å². The molecular weight excluding hydrogens is 228 g/mol. The van der Waals surface area contributed by atoms with Crippen molar-refractivity contribution < 1.29 is 0 Å². The first-order valence-corrected chi connectivity index (χ1v) is 8.09. The van der Waals surface area contributed by atoms with Crippen LogP contribution in [-0.2, 0) is 0 Å². The van der Waals surface area contributed by atoms with Crippen LogP contribution in [0.1, 0.15) is 72.6 Å². The average Bonchev–Trinajstić information content (AvgIpc) is 2.41. The van der Waals surface area contributed by atoms with Crippen LogP contribution in [0.2, 0.25) is 0 Å². The van der Waals surface area contributed by atoms with Gasteiger partial charge < -0.3 is 0 Å². The fourth-order valence-corrected chi connectivity index (χ4v) is 4.16. The van der Waals surface area contributed by atoms with Crippen LogP contribution < -0.4 is 0 Å². The molecule has 0 aromatic heterocycles. The third-order valence-corrected chi connectivity index (χ3v) is 5.23. The second-order valence-corrected chi connectivity index (χ2v) is 6.40. The second-order valence-electron chi connectivity index (χ2n) is 6.40. The van der Waals surface area contributed by atoms with Crippen molar-refractivity contribution in [1.29, 1.82) is 0 Å². The predicted molar refractivity (Wildman–Crippen MR) is 87.3 cm³/mol. The first-order valence-electron chi connectivity index (χ1n) is 8.09. The summed E-state index contributed by atoms with van der Waals surface area (Å²) in [5.74, 6) is 3.90. The third kappa shape index (κ3) is 4.82. The van der Waals surface area contributed by atoms with Gasteiger partial charge in [-0.15, -0.1) is 0 Å². The molecule has 0 spiro atoms. The van der Waals surface area contributed by atoms with Gasteiger partial charge in [-0.2, -0.15) is 0 Å². The molecule has 2 aliphatic rings. The van der Waals surface area contributed by atoms with Gasteiger partial charge in [0.2, 0.25) is 0 Å². The molecule has 0 aromatic carbocycles. The van der Waals surface area contributed by atoms with Crippen molar-refractivity contribution in [3.05, 3.63) is 24.3 Å². The van der Waals surface area contributed by atoms with E-state index in [9.17, 15) is 0 Å². The zero-order valence-electron chi connectivity index (χ0n) is 12.3. The lowest BCUT2D eigenvalue weighted by Gasteiger charge is -2.36. The summed E-state index contributed by atoms with van der Waals surface area (Å²) in [5.41, 5.74) is 0. The van der Waals surface area contributed by atoms with Crippen LogP contribution >= 0.6 is 0 Å². The molecule has 0 aromatic rings. The standard InChI is InChI=1S/C18H30.CH4/c1-3-5-15-7-11-17(12-8-15)18-13-9-16(6-4-2)10-14-18;/h3-6,15-18H,7-14H2,1-2H3;1H4. The highest BCUT2D eigenvalue weighted by molar-refractivity contribution is 4.93. The lowest BCUT2D eigenvalue weighted by molar-refractivity contribution is 0.166. The Kier molecular flexibility index (Phi) is 7.49. The van der Waals surface area contributed by atoms with Crippen LogP contribution in [-0.4, -0.2) is 0 Å². The van der Waals surface area contributed by atoms with Crippen LogP contribution in [0.3, 0.4) is 0 Å². The molecular formula is C19H34. The number of rotatable bonds is 3. The molecule has 0 nitrogen and oxygen atoms in total. The minimum Gasteiger partial charge on any atom is -0.0914 e. The van der Waals surface area contributed by atoms with Gasteiger partial charge in [0.05, 0.1) is 0 Å². The summed E-state index contributed by atoms with van der Waals surface area (Å²) >= 11 is 0. The molecule has 0 amide bonds. The molecule has 0 aliphatic heterocycles. The average molecular weight is 262 g/mol. The lowest BCUT2D eigenvalue weighted by Crippen LogP contribution is -2.25. The number of allylic oxidation sites excluding steroid dienone is 4. The molecule has 0 heterocycles. The van der Waals surface area contributed by atoms with E-state index in [1.165, 1.54) is 51.4 Å². The van der Waals surface area contributed by atoms with Crippen molar-refractivity contribution >= 4 is 0 Å². The van der Waals surface area contributed by atoms with E-state index in [0.717, 1.165) is 23.7 Å². The topological polar surface area (TPSA) is 0 Å². The molecule has 2 fully saturated rings. The van der Waals surface area contributed by atoms with Crippen molar-refractivity contribution in [2.75, 3.05) is 0 Å². The third-order valence-electron chi connectivity index (χ3n) is 5.23. The molecule has 19 heavy (non-hydrogen) atoms. The normalized spacial score (nSPS) is 36.5. The predicted octanol–water partition coefficient (Wildman–Crippen LogP) is 6.39. The quantitative estimate of drug-likeness (QED) is 0.517. The molecule has 2 rings (SSSR count). The Hall–Kier alpha value is -0.520. The van der Waals surface area contributed by atoms with Crippen LogP contribution in [0.15, 0.2) is 24.3 Å². The summed E-state index contributed by atoms with van der Waals surface area (Å²) < 4.78 is 0. The van der Waals surface area contributed by atoms with E-state index in [2.05, 4.69) is 38.2 Å². The number of hydrogen-bond acceptors (Lipinski definition) is 0. The SMILES string of the molecule is C.CC=CC1CCC(C2CCC(C=CC)CC2)CC1. The maximum absolute atomic E-state index is 2.43. The van der Waals surface area contributed by atoms with Crippen molar-refractivity contribution in [3.8, 4) is 0 Å². The molecule has 0 unspecified atom stereocenters. The molecule has 0 saturated heterocycles. The van der Waals surface area contributed by atoms with Gasteiger partial charge in [0.1, 0.15) is 0 Å². The molecule has 0 N–H and O–H groups in total. The van der Waals surface area contributed by atoms with Gasteiger partial charge in [0.15, 0.2) is 0 Å². The first-order chi connectivity index (χ1) is 8.83. The second kappa shape index (κ2) is 8.61. The molecule has 0 bridgehead atoms. The zero-order chi connectivity index (χ0) is 12.8. The highest BCUT2D eigenvalue weighted by Crippen LogP contribution is 2.41. The van der Waals surface area contributed by atoms with E-state index in [1.807, 2.05) is 0 Å². The largest absolute Gasteiger partial charge is 0.0914 e. The maximum atomic E-state index is 2.43. The Morgan fingerprint density at radius 3 is 1.16 bits per heavy atom. The molecule has 0 heteroatoms. The van der Waals surface area contributed by atoms with Crippen LogP contribution in [0.4, 0.5) is 0 Å². The van der Waals surface area contributed by atoms with E-state index in [4.69, 9.17) is 0 Å². The molecule has 2 saturated carbocycles. The maximum Gasteiger partial charge on any atom is -0.0233 e. The van der Waals surface area contributed by atoms with Gasteiger partial charge in [-0.05, 0) is 88.9 Å². The van der Waals surface area contributed by atoms with E-state index >= 15 is 0 Å².